The molecule has 8 nitrogen and oxygen atoms in total. The van der Waals surface area contributed by atoms with Crippen molar-refractivity contribution in [2.75, 3.05) is 17.9 Å². The van der Waals surface area contributed by atoms with Crippen LogP contribution in [0.25, 0.3) is 0 Å². The maximum absolute atomic E-state index is 12.7. The molecule has 0 aliphatic carbocycles. The topological polar surface area (TPSA) is 113 Å². The van der Waals surface area contributed by atoms with Crippen LogP contribution in [-0.2, 0) is 14.8 Å². The average molecular weight is 378 g/mol. The fourth-order valence-electron chi connectivity index (χ4n) is 3.01. The van der Waals surface area contributed by atoms with E-state index in [1.165, 1.54) is 0 Å². The Kier molecular flexibility index (Phi) is 5.28. The molecule has 0 radical (unpaired) electrons. The van der Waals surface area contributed by atoms with Crippen molar-refractivity contribution < 1.29 is 17.9 Å². The SMILES string of the molecule is Cc1n[nH]c(C)c1S(=O)(=O)Nc1ccccc1C(=O)NC[C@H]1CCCO1. The van der Waals surface area contributed by atoms with Crippen LogP contribution in [0, 0.1) is 13.8 Å². The second-order valence-electron chi connectivity index (χ2n) is 6.26. The minimum absolute atomic E-state index is 0.0130. The summed E-state index contributed by atoms with van der Waals surface area (Å²) >= 11 is 0. The van der Waals surface area contributed by atoms with Crippen molar-refractivity contribution in [1.29, 1.82) is 0 Å². The number of nitrogens with zero attached hydrogens (tertiary/aromatic N) is 1. The Bertz CT molecular complexity index is 882. The zero-order chi connectivity index (χ0) is 18.7. The monoisotopic (exact) mass is 378 g/mol. The van der Waals surface area contributed by atoms with E-state index >= 15 is 0 Å². The summed E-state index contributed by atoms with van der Waals surface area (Å²) in [5.41, 5.74) is 1.29. The third kappa shape index (κ3) is 3.88. The highest BCUT2D eigenvalue weighted by Gasteiger charge is 2.24. The van der Waals surface area contributed by atoms with Crippen LogP contribution in [0.2, 0.25) is 0 Å². The maximum Gasteiger partial charge on any atom is 0.265 e. The highest BCUT2D eigenvalue weighted by atomic mass is 32.2. The molecule has 1 aromatic heterocycles. The molecule has 1 aromatic carbocycles. The number of H-pyrrole nitrogens is 1. The van der Waals surface area contributed by atoms with E-state index < -0.39 is 10.0 Å². The number of anilines is 1. The van der Waals surface area contributed by atoms with E-state index in [0.29, 0.717) is 24.5 Å². The largest absolute Gasteiger partial charge is 0.376 e. The first-order chi connectivity index (χ1) is 12.4. The number of aryl methyl sites for hydroxylation is 2. The Labute approximate surface area is 152 Å². The number of hydrogen-bond donors (Lipinski definition) is 3. The number of amides is 1. The van der Waals surface area contributed by atoms with Gasteiger partial charge in [0.05, 0.1) is 28.7 Å². The number of rotatable bonds is 6. The van der Waals surface area contributed by atoms with Crippen molar-refractivity contribution in [3.05, 3.63) is 41.2 Å². The van der Waals surface area contributed by atoms with Gasteiger partial charge in [0.25, 0.3) is 15.9 Å². The third-order valence-corrected chi connectivity index (χ3v) is 5.89. The molecule has 3 N–H and O–H groups in total. The summed E-state index contributed by atoms with van der Waals surface area (Å²) < 4.78 is 33.4. The van der Waals surface area contributed by atoms with E-state index in [1.807, 2.05) is 0 Å². The summed E-state index contributed by atoms with van der Waals surface area (Å²) in [7, 11) is -3.87. The first kappa shape index (κ1) is 18.4. The molecule has 1 aliphatic heterocycles. The first-order valence-corrected chi connectivity index (χ1v) is 9.90. The number of sulfonamides is 1. The summed E-state index contributed by atoms with van der Waals surface area (Å²) in [5.74, 6) is -0.348. The van der Waals surface area contributed by atoms with Crippen molar-refractivity contribution >= 4 is 21.6 Å². The fraction of sp³-hybridized carbons (Fsp3) is 0.412. The predicted molar refractivity (Wildman–Crippen MR) is 96.6 cm³/mol. The smallest absolute Gasteiger partial charge is 0.265 e. The number of nitrogens with one attached hydrogen (secondary N) is 3. The Balaban J connectivity index is 1.79. The molecule has 2 aromatic rings. The molecule has 0 unspecified atom stereocenters. The van der Waals surface area contributed by atoms with Crippen molar-refractivity contribution in [2.45, 2.75) is 37.7 Å². The minimum Gasteiger partial charge on any atom is -0.376 e. The Morgan fingerprint density at radius 3 is 2.77 bits per heavy atom. The quantitative estimate of drug-likeness (QED) is 0.708. The molecule has 1 aliphatic rings. The zero-order valence-electron chi connectivity index (χ0n) is 14.7. The fourth-order valence-corrected chi connectivity index (χ4v) is 4.46. The highest BCUT2D eigenvalue weighted by molar-refractivity contribution is 7.92. The molecule has 140 valence electrons. The van der Waals surface area contributed by atoms with Gasteiger partial charge in [-0.15, -0.1) is 0 Å². The van der Waals surface area contributed by atoms with Crippen LogP contribution in [-0.4, -0.2) is 43.8 Å². The van der Waals surface area contributed by atoms with Gasteiger partial charge in [0, 0.05) is 13.2 Å². The lowest BCUT2D eigenvalue weighted by Crippen LogP contribution is -2.32. The summed E-state index contributed by atoms with van der Waals surface area (Å²) in [6, 6.07) is 6.50. The van der Waals surface area contributed by atoms with Crippen LogP contribution in [0.4, 0.5) is 5.69 Å². The molecular weight excluding hydrogens is 356 g/mol. The standard InChI is InChI=1S/C17H22N4O4S/c1-11-16(12(2)20-19-11)26(23,24)21-15-8-4-3-7-14(15)17(22)18-10-13-6-5-9-25-13/h3-4,7-8,13,21H,5-6,9-10H2,1-2H3,(H,18,22)(H,19,20)/t13-/m1/s1. The number of hydrogen-bond acceptors (Lipinski definition) is 5. The zero-order valence-corrected chi connectivity index (χ0v) is 15.5. The normalized spacial score (nSPS) is 17.2. The van der Waals surface area contributed by atoms with Crippen LogP contribution in [0.15, 0.2) is 29.2 Å². The molecule has 26 heavy (non-hydrogen) atoms. The van der Waals surface area contributed by atoms with Crippen LogP contribution in [0.3, 0.4) is 0 Å². The molecule has 3 rings (SSSR count). The van der Waals surface area contributed by atoms with Gasteiger partial charge in [0.2, 0.25) is 0 Å². The summed E-state index contributed by atoms with van der Waals surface area (Å²) in [6.07, 6.45) is 1.91. The van der Waals surface area contributed by atoms with Gasteiger partial charge in [0.15, 0.2) is 0 Å². The van der Waals surface area contributed by atoms with Crippen LogP contribution in [0.5, 0.6) is 0 Å². The summed E-state index contributed by atoms with van der Waals surface area (Å²) in [5, 5.41) is 9.38. The van der Waals surface area contributed by atoms with Gasteiger partial charge < -0.3 is 10.1 Å². The van der Waals surface area contributed by atoms with Gasteiger partial charge in [-0.25, -0.2) is 8.42 Å². The number of ether oxygens (including phenoxy) is 1. The lowest BCUT2D eigenvalue weighted by Gasteiger charge is -2.14. The molecule has 1 fully saturated rings. The minimum atomic E-state index is -3.87. The molecular formula is C17H22N4O4S. The Morgan fingerprint density at radius 2 is 2.12 bits per heavy atom. The van der Waals surface area contributed by atoms with Crippen molar-refractivity contribution in [2.24, 2.45) is 0 Å². The predicted octanol–water partition coefficient (Wildman–Crippen LogP) is 1.74. The lowest BCUT2D eigenvalue weighted by molar-refractivity contribution is 0.0858. The number of carbonyl (C=O) groups is 1. The molecule has 1 amide bonds. The van der Waals surface area contributed by atoms with Crippen LogP contribution < -0.4 is 10.0 Å². The van der Waals surface area contributed by atoms with E-state index in [-0.39, 0.29) is 28.2 Å². The summed E-state index contributed by atoms with van der Waals surface area (Å²) in [4.78, 5) is 12.6. The Hall–Kier alpha value is -2.39. The average Bonchev–Trinajstić information content (AvgIpc) is 3.22. The number of benzene rings is 1. The number of para-hydroxylation sites is 1. The van der Waals surface area contributed by atoms with Gasteiger partial charge >= 0.3 is 0 Å². The number of aromatic nitrogens is 2. The maximum atomic E-state index is 12.7. The van der Waals surface area contributed by atoms with Gasteiger partial charge in [-0.3, -0.25) is 14.6 Å². The molecule has 2 heterocycles. The van der Waals surface area contributed by atoms with Crippen molar-refractivity contribution in [3.8, 4) is 0 Å². The third-order valence-electron chi connectivity index (χ3n) is 4.26. The van der Waals surface area contributed by atoms with Gasteiger partial charge in [-0.2, -0.15) is 5.10 Å². The molecule has 1 atom stereocenters. The molecule has 0 spiro atoms. The van der Waals surface area contributed by atoms with Crippen LogP contribution in [0.1, 0.15) is 34.6 Å². The second kappa shape index (κ2) is 7.46. The van der Waals surface area contributed by atoms with E-state index in [2.05, 4.69) is 20.2 Å². The molecule has 9 heteroatoms. The molecule has 0 bridgehead atoms. The Morgan fingerprint density at radius 1 is 1.35 bits per heavy atom. The second-order valence-corrected chi connectivity index (χ2v) is 7.88. The van der Waals surface area contributed by atoms with Crippen molar-refractivity contribution in [3.63, 3.8) is 0 Å². The first-order valence-electron chi connectivity index (χ1n) is 8.41. The number of aromatic amines is 1. The van der Waals surface area contributed by atoms with Crippen LogP contribution >= 0.6 is 0 Å². The van der Waals surface area contributed by atoms with Gasteiger partial charge in [-0.1, -0.05) is 12.1 Å². The van der Waals surface area contributed by atoms with E-state index in [0.717, 1.165) is 12.8 Å². The lowest BCUT2D eigenvalue weighted by atomic mass is 10.1. The van der Waals surface area contributed by atoms with E-state index in [4.69, 9.17) is 4.74 Å². The van der Waals surface area contributed by atoms with Gasteiger partial charge in [-0.05, 0) is 38.8 Å². The van der Waals surface area contributed by atoms with E-state index in [9.17, 15) is 13.2 Å². The molecule has 1 saturated heterocycles. The highest BCUT2D eigenvalue weighted by Crippen LogP contribution is 2.23. The van der Waals surface area contributed by atoms with Gasteiger partial charge in [0.1, 0.15) is 4.90 Å². The summed E-state index contributed by atoms with van der Waals surface area (Å²) in [6.45, 7) is 4.35. The van der Waals surface area contributed by atoms with Crippen molar-refractivity contribution in [1.82, 2.24) is 15.5 Å². The number of carbonyl (C=O) groups excluding carboxylic acids is 1. The van der Waals surface area contributed by atoms with E-state index in [1.54, 1.807) is 38.1 Å². The molecule has 0 saturated carbocycles.